The second kappa shape index (κ2) is 9.84. The van der Waals surface area contributed by atoms with Crippen molar-refractivity contribution in [3.8, 4) is 22.6 Å². The molecule has 0 fully saturated rings. The Balaban J connectivity index is 1.45. The number of pyridine rings is 1. The second-order valence-electron chi connectivity index (χ2n) is 8.25. The van der Waals surface area contributed by atoms with Gasteiger partial charge in [-0.25, -0.2) is 9.78 Å². The van der Waals surface area contributed by atoms with Gasteiger partial charge >= 0.3 is 5.97 Å². The van der Waals surface area contributed by atoms with Gasteiger partial charge in [0, 0.05) is 23.7 Å². The Morgan fingerprint density at radius 3 is 2.57 bits per heavy atom. The molecule has 1 N–H and O–H groups in total. The topological polar surface area (TPSA) is 111 Å². The number of ether oxygens (including phenoxy) is 1. The van der Waals surface area contributed by atoms with Crippen molar-refractivity contribution in [2.75, 3.05) is 7.11 Å². The van der Waals surface area contributed by atoms with E-state index in [1.54, 1.807) is 6.07 Å². The summed E-state index contributed by atoms with van der Waals surface area (Å²) in [5.74, 6) is 1.15. The summed E-state index contributed by atoms with van der Waals surface area (Å²) in [6, 6.07) is 17.5. The number of tetrazole rings is 1. The lowest BCUT2D eigenvalue weighted by Gasteiger charge is -2.12. The van der Waals surface area contributed by atoms with Crippen LogP contribution in [0.1, 0.15) is 41.5 Å². The third-order valence-electron chi connectivity index (χ3n) is 5.95. The van der Waals surface area contributed by atoms with Crippen LogP contribution in [0.3, 0.4) is 0 Å². The number of aryl methyl sites for hydroxylation is 1. The lowest BCUT2D eigenvalue weighted by atomic mass is 10.1. The highest BCUT2D eigenvalue weighted by atomic mass is 16.5. The predicted molar refractivity (Wildman–Crippen MR) is 132 cm³/mol. The maximum atomic E-state index is 12.5. The van der Waals surface area contributed by atoms with Crippen molar-refractivity contribution in [2.45, 2.75) is 32.7 Å². The van der Waals surface area contributed by atoms with Crippen LogP contribution in [-0.2, 0) is 17.7 Å². The smallest absolute Gasteiger partial charge is 0.340 e. The minimum atomic E-state index is -0.364. The van der Waals surface area contributed by atoms with E-state index in [0.29, 0.717) is 17.9 Å². The Bertz CT molecular complexity index is 1440. The first-order valence-corrected chi connectivity index (χ1v) is 11.5. The molecule has 0 unspecified atom stereocenters. The van der Waals surface area contributed by atoms with Gasteiger partial charge in [-0.2, -0.15) is 5.21 Å². The van der Waals surface area contributed by atoms with Crippen molar-refractivity contribution >= 4 is 17.0 Å². The summed E-state index contributed by atoms with van der Waals surface area (Å²) in [6.45, 7) is 2.72. The summed E-state index contributed by atoms with van der Waals surface area (Å²) in [6.07, 6.45) is 4.80. The van der Waals surface area contributed by atoms with Gasteiger partial charge in [-0.05, 0) is 35.4 Å². The quantitative estimate of drug-likeness (QED) is 0.335. The van der Waals surface area contributed by atoms with Crippen molar-refractivity contribution in [3.05, 3.63) is 77.7 Å². The number of esters is 1. The van der Waals surface area contributed by atoms with Crippen LogP contribution in [-0.4, -0.2) is 48.2 Å². The number of carbonyl (C=O) groups is 1. The zero-order chi connectivity index (χ0) is 24.2. The molecule has 0 saturated heterocycles. The minimum Gasteiger partial charge on any atom is -0.465 e. The van der Waals surface area contributed by atoms with Crippen LogP contribution < -0.4 is 0 Å². The molecule has 3 heterocycles. The SMILES string of the molecule is CCCCc1nc2cccc(C(=O)OC)c2n1Cc1ccc(-c2ccc(-c3nn[nH]n3)cc2)nc1. The van der Waals surface area contributed by atoms with Crippen molar-refractivity contribution in [3.63, 3.8) is 0 Å². The number of hydrogen-bond acceptors (Lipinski definition) is 7. The lowest BCUT2D eigenvalue weighted by Crippen LogP contribution is -2.09. The molecular formula is C26H25N7O2. The number of aromatic nitrogens is 7. The third kappa shape index (κ3) is 4.52. The van der Waals surface area contributed by atoms with E-state index < -0.39 is 0 Å². The first-order chi connectivity index (χ1) is 17.2. The molecule has 9 heteroatoms. The van der Waals surface area contributed by atoms with Crippen LogP contribution in [0, 0.1) is 0 Å². The van der Waals surface area contributed by atoms with Crippen LogP contribution in [0.5, 0.6) is 0 Å². The monoisotopic (exact) mass is 467 g/mol. The number of carbonyl (C=O) groups excluding carboxylic acids is 1. The first kappa shape index (κ1) is 22.4. The van der Waals surface area contributed by atoms with Crippen LogP contribution in [0.15, 0.2) is 60.8 Å². The number of benzene rings is 2. The number of unbranched alkanes of at least 4 members (excludes halogenated alkanes) is 1. The van der Waals surface area contributed by atoms with Crippen molar-refractivity contribution in [1.29, 1.82) is 0 Å². The number of imidazole rings is 1. The van der Waals surface area contributed by atoms with Gasteiger partial charge in [0.15, 0.2) is 0 Å². The van der Waals surface area contributed by atoms with Gasteiger partial charge in [0.05, 0.1) is 35.9 Å². The fraction of sp³-hybridized carbons (Fsp3) is 0.231. The number of aromatic amines is 1. The van der Waals surface area contributed by atoms with E-state index in [4.69, 9.17) is 14.7 Å². The van der Waals surface area contributed by atoms with E-state index in [0.717, 1.165) is 58.5 Å². The average molecular weight is 468 g/mol. The van der Waals surface area contributed by atoms with Gasteiger partial charge in [0.1, 0.15) is 5.82 Å². The average Bonchev–Trinajstić information content (AvgIpc) is 3.56. The standard InChI is InChI=1S/C26H25N7O2/c1-3-4-8-23-28-22-7-5-6-20(26(34)35-2)24(22)33(23)16-17-9-14-21(27-15-17)18-10-12-19(13-11-18)25-29-31-32-30-25/h5-7,9-15H,3-4,8,16H2,1-2H3,(H,29,30,31,32). The van der Waals surface area contributed by atoms with Gasteiger partial charge in [-0.15, -0.1) is 10.2 Å². The molecule has 5 rings (SSSR count). The molecule has 0 spiro atoms. The molecule has 9 nitrogen and oxygen atoms in total. The van der Waals surface area contributed by atoms with Crippen molar-refractivity contribution < 1.29 is 9.53 Å². The summed E-state index contributed by atoms with van der Waals surface area (Å²) >= 11 is 0. The first-order valence-electron chi connectivity index (χ1n) is 11.5. The summed E-state index contributed by atoms with van der Waals surface area (Å²) in [5.41, 5.74) is 5.88. The summed E-state index contributed by atoms with van der Waals surface area (Å²) < 4.78 is 7.15. The largest absolute Gasteiger partial charge is 0.465 e. The molecule has 0 saturated carbocycles. The summed E-state index contributed by atoms with van der Waals surface area (Å²) in [5, 5.41) is 14.1. The number of para-hydroxylation sites is 1. The summed E-state index contributed by atoms with van der Waals surface area (Å²) in [4.78, 5) is 22.0. The fourth-order valence-corrected chi connectivity index (χ4v) is 4.15. The molecule has 0 aliphatic rings. The molecule has 0 atom stereocenters. The van der Waals surface area contributed by atoms with Crippen LogP contribution in [0.2, 0.25) is 0 Å². The Labute approximate surface area is 202 Å². The minimum absolute atomic E-state index is 0.364. The molecular weight excluding hydrogens is 442 g/mol. The molecule has 0 aliphatic carbocycles. The molecule has 35 heavy (non-hydrogen) atoms. The summed E-state index contributed by atoms with van der Waals surface area (Å²) in [7, 11) is 1.40. The molecule has 176 valence electrons. The Hall–Kier alpha value is -4.40. The molecule has 2 aromatic carbocycles. The fourth-order valence-electron chi connectivity index (χ4n) is 4.15. The van der Waals surface area contributed by atoms with E-state index in [-0.39, 0.29) is 5.97 Å². The van der Waals surface area contributed by atoms with E-state index in [1.807, 2.05) is 48.7 Å². The highest BCUT2D eigenvalue weighted by molar-refractivity contribution is 6.02. The van der Waals surface area contributed by atoms with Crippen molar-refractivity contribution in [1.82, 2.24) is 35.2 Å². The number of nitrogens with zero attached hydrogens (tertiary/aromatic N) is 6. The van der Waals surface area contributed by atoms with Crippen molar-refractivity contribution in [2.24, 2.45) is 0 Å². The number of nitrogens with one attached hydrogen (secondary N) is 1. The van der Waals surface area contributed by atoms with Crippen LogP contribution in [0.4, 0.5) is 0 Å². The molecule has 0 aliphatic heterocycles. The van der Waals surface area contributed by atoms with Gasteiger partial charge < -0.3 is 9.30 Å². The normalized spacial score (nSPS) is 11.1. The molecule has 0 radical (unpaired) electrons. The highest BCUT2D eigenvalue weighted by Crippen LogP contribution is 2.25. The predicted octanol–water partition coefficient (Wildman–Crippen LogP) is 4.46. The van der Waals surface area contributed by atoms with Gasteiger partial charge in [-0.1, -0.05) is 49.7 Å². The molecule has 0 amide bonds. The Kier molecular flexibility index (Phi) is 6.30. The Morgan fingerprint density at radius 2 is 1.89 bits per heavy atom. The highest BCUT2D eigenvalue weighted by Gasteiger charge is 2.19. The van der Waals surface area contributed by atoms with Crippen LogP contribution in [0.25, 0.3) is 33.7 Å². The Morgan fingerprint density at radius 1 is 1.06 bits per heavy atom. The zero-order valence-corrected chi connectivity index (χ0v) is 19.6. The van der Waals surface area contributed by atoms with Crippen LogP contribution >= 0.6 is 0 Å². The molecule has 3 aromatic heterocycles. The van der Waals surface area contributed by atoms with E-state index >= 15 is 0 Å². The molecule has 0 bridgehead atoms. The van der Waals surface area contributed by atoms with Gasteiger partial charge in [0.25, 0.3) is 0 Å². The maximum absolute atomic E-state index is 12.5. The van der Waals surface area contributed by atoms with E-state index in [1.165, 1.54) is 7.11 Å². The number of fused-ring (bicyclic) bond motifs is 1. The van der Waals surface area contributed by atoms with E-state index in [2.05, 4.69) is 38.2 Å². The molecule has 5 aromatic rings. The number of hydrogen-bond donors (Lipinski definition) is 1. The lowest BCUT2D eigenvalue weighted by molar-refractivity contribution is 0.0602. The number of methoxy groups -OCH3 is 1. The third-order valence-corrected chi connectivity index (χ3v) is 5.95. The van der Waals surface area contributed by atoms with E-state index in [9.17, 15) is 4.79 Å². The van der Waals surface area contributed by atoms with Gasteiger partial charge in [-0.3, -0.25) is 4.98 Å². The van der Waals surface area contributed by atoms with Gasteiger partial charge in [0.2, 0.25) is 5.82 Å². The maximum Gasteiger partial charge on any atom is 0.340 e. The zero-order valence-electron chi connectivity index (χ0n) is 19.6. The second-order valence-corrected chi connectivity index (χ2v) is 8.25. The number of rotatable bonds is 8. The number of H-pyrrole nitrogens is 1.